The Balaban J connectivity index is 0.000000172. The number of rotatable bonds is 1. The van der Waals surface area contributed by atoms with Gasteiger partial charge in [-0.3, -0.25) is 0 Å². The van der Waals surface area contributed by atoms with E-state index in [1.54, 1.807) is 28.8 Å². The summed E-state index contributed by atoms with van der Waals surface area (Å²) >= 11 is 0. The fraction of sp³-hybridized carbons (Fsp3) is 0.400. The summed E-state index contributed by atoms with van der Waals surface area (Å²) in [5.74, 6) is -1.11. The third-order valence-corrected chi connectivity index (χ3v) is 4.84. The van der Waals surface area contributed by atoms with Crippen LogP contribution >= 0.6 is 0 Å². The fourth-order valence-electron chi connectivity index (χ4n) is 3.01. The number of aromatic nitrogens is 1. The first-order valence-electron chi connectivity index (χ1n) is 8.16. The second kappa shape index (κ2) is 7.40. The van der Waals surface area contributed by atoms with E-state index in [2.05, 4.69) is 24.3 Å². The van der Waals surface area contributed by atoms with Gasteiger partial charge in [0.2, 0.25) is 0 Å². The normalized spacial score (nSPS) is 12.9. The van der Waals surface area contributed by atoms with E-state index in [0.717, 1.165) is 16.8 Å². The van der Waals surface area contributed by atoms with Gasteiger partial charge in [-0.2, -0.15) is 0 Å². The van der Waals surface area contributed by atoms with Crippen molar-refractivity contribution >= 4 is 5.97 Å². The van der Waals surface area contributed by atoms with Crippen LogP contribution in [0, 0.1) is 20.8 Å². The molecule has 0 unspecified atom stereocenters. The average Bonchev–Trinajstić information content (AvgIpc) is 2.56. The van der Waals surface area contributed by atoms with Crippen LogP contribution in [0.5, 0.6) is 0 Å². The number of carbonyl (C=O) groups is 1. The molecule has 0 radical (unpaired) electrons. The smallest absolute Gasteiger partial charge is 0.181 e. The second-order valence-corrected chi connectivity index (χ2v) is 6.25. The van der Waals surface area contributed by atoms with Gasteiger partial charge in [0.25, 0.3) is 0 Å². The Bertz CT molecular complexity index is 695. The van der Waals surface area contributed by atoms with Gasteiger partial charge in [0.05, 0.1) is 11.5 Å². The van der Waals surface area contributed by atoms with Crippen LogP contribution in [0.15, 0.2) is 30.5 Å². The third-order valence-electron chi connectivity index (χ3n) is 4.84. The molecule has 1 aromatic carbocycles. The van der Waals surface area contributed by atoms with Crippen LogP contribution in [0.2, 0.25) is 0 Å². The largest absolute Gasteiger partial charge is 0.545 e. The van der Waals surface area contributed by atoms with Crippen molar-refractivity contribution in [1.82, 2.24) is 0 Å². The van der Waals surface area contributed by atoms with E-state index < -0.39 is 5.97 Å². The van der Waals surface area contributed by atoms with Crippen molar-refractivity contribution in [3.8, 4) is 0 Å². The summed E-state index contributed by atoms with van der Waals surface area (Å²) in [6.07, 6.45) is 6.97. The van der Waals surface area contributed by atoms with E-state index in [9.17, 15) is 9.90 Å². The van der Waals surface area contributed by atoms with Crippen LogP contribution in [0.4, 0.5) is 0 Å². The molecule has 0 N–H and O–H groups in total. The van der Waals surface area contributed by atoms with Gasteiger partial charge in [0.1, 0.15) is 7.05 Å². The van der Waals surface area contributed by atoms with Crippen molar-refractivity contribution < 1.29 is 14.5 Å². The minimum Gasteiger partial charge on any atom is -0.545 e. The highest BCUT2D eigenvalue weighted by Crippen LogP contribution is 2.19. The number of fused-ring (bicyclic) bond motifs is 1. The van der Waals surface area contributed by atoms with Crippen LogP contribution in [0.25, 0.3) is 0 Å². The molecule has 0 aliphatic heterocycles. The average molecular weight is 311 g/mol. The maximum Gasteiger partial charge on any atom is 0.181 e. The molecule has 1 aliphatic rings. The number of aryl methyl sites for hydroxylation is 3. The predicted molar refractivity (Wildman–Crippen MR) is 89.2 cm³/mol. The number of carbonyl (C=O) groups excluding carboxylic acids is 1. The van der Waals surface area contributed by atoms with Crippen LogP contribution < -0.4 is 9.67 Å². The lowest BCUT2D eigenvalue weighted by Gasteiger charge is -2.13. The van der Waals surface area contributed by atoms with E-state index >= 15 is 0 Å². The Morgan fingerprint density at radius 2 is 1.52 bits per heavy atom. The lowest BCUT2D eigenvalue weighted by Crippen LogP contribution is -2.36. The molecule has 0 spiro atoms. The first kappa shape index (κ1) is 17.2. The molecule has 3 nitrogen and oxygen atoms in total. The molecule has 0 amide bonds. The molecule has 2 aromatic rings. The van der Waals surface area contributed by atoms with E-state index in [4.69, 9.17) is 0 Å². The van der Waals surface area contributed by atoms with Crippen LogP contribution in [-0.2, 0) is 19.9 Å². The number of benzene rings is 1. The number of aromatic carboxylic acids is 1. The molecule has 122 valence electrons. The molecule has 0 saturated heterocycles. The number of carboxylic acid groups (broad SMARTS) is 1. The Hall–Kier alpha value is -2.16. The molecule has 1 aromatic heterocycles. The van der Waals surface area contributed by atoms with Crippen molar-refractivity contribution in [3.05, 3.63) is 64.0 Å². The first-order valence-corrected chi connectivity index (χ1v) is 8.16. The van der Waals surface area contributed by atoms with Gasteiger partial charge in [-0.25, -0.2) is 4.57 Å². The van der Waals surface area contributed by atoms with Crippen LogP contribution in [-0.4, -0.2) is 5.97 Å². The lowest BCUT2D eigenvalue weighted by molar-refractivity contribution is -0.678. The zero-order valence-electron chi connectivity index (χ0n) is 14.5. The molecular weight excluding hydrogens is 286 g/mol. The quantitative estimate of drug-likeness (QED) is 0.759. The standard InChI is InChI=1S/C10H13NO2.C10H12/c1-6-7(2)9(10(12)13)5-11(4)8(6)3;1-2-6-10-8-4-3-7-9(10)5-1/h5H,1-4H3;1-2,5-6H,3-4,7-8H2. The number of pyridine rings is 1. The number of carboxylic acids is 1. The van der Waals surface area contributed by atoms with Crippen molar-refractivity contribution in [2.75, 3.05) is 0 Å². The van der Waals surface area contributed by atoms with Gasteiger partial charge in [-0.15, -0.1) is 0 Å². The van der Waals surface area contributed by atoms with Crippen LogP contribution in [0.1, 0.15) is 51.1 Å². The summed E-state index contributed by atoms with van der Waals surface area (Å²) in [6.45, 7) is 5.67. The monoisotopic (exact) mass is 311 g/mol. The molecule has 0 saturated carbocycles. The summed E-state index contributed by atoms with van der Waals surface area (Å²) in [6, 6.07) is 8.80. The van der Waals surface area contributed by atoms with Gasteiger partial charge in [0.15, 0.2) is 11.9 Å². The number of hydrogen-bond acceptors (Lipinski definition) is 2. The zero-order chi connectivity index (χ0) is 17.0. The van der Waals surface area contributed by atoms with Crippen molar-refractivity contribution in [3.63, 3.8) is 0 Å². The summed E-state index contributed by atoms with van der Waals surface area (Å²) in [4.78, 5) is 10.7. The fourth-order valence-corrected chi connectivity index (χ4v) is 3.01. The van der Waals surface area contributed by atoms with Gasteiger partial charge >= 0.3 is 0 Å². The lowest BCUT2D eigenvalue weighted by atomic mass is 9.92. The summed E-state index contributed by atoms with van der Waals surface area (Å²) < 4.78 is 1.80. The van der Waals surface area contributed by atoms with E-state index in [-0.39, 0.29) is 5.56 Å². The van der Waals surface area contributed by atoms with Gasteiger partial charge in [0, 0.05) is 12.5 Å². The number of nitrogens with zero attached hydrogens (tertiary/aromatic N) is 1. The SMILES string of the molecule is Cc1c(C(=O)[O-])c[n+](C)c(C)c1C.c1ccc2c(c1)CCCC2. The van der Waals surface area contributed by atoms with E-state index in [0.29, 0.717) is 0 Å². The predicted octanol–water partition coefficient (Wildman–Crippen LogP) is 2.37. The minimum atomic E-state index is -1.11. The van der Waals surface area contributed by atoms with Gasteiger partial charge in [-0.1, -0.05) is 24.3 Å². The Morgan fingerprint density at radius 1 is 1.00 bits per heavy atom. The summed E-state index contributed by atoms with van der Waals surface area (Å²) in [5, 5.41) is 10.7. The second-order valence-electron chi connectivity index (χ2n) is 6.25. The molecular formula is C20H25NO2. The molecule has 0 fully saturated rings. The van der Waals surface area contributed by atoms with Gasteiger partial charge in [-0.05, 0) is 56.2 Å². The topological polar surface area (TPSA) is 44.0 Å². The molecule has 23 heavy (non-hydrogen) atoms. The van der Waals surface area contributed by atoms with Gasteiger partial charge < -0.3 is 9.90 Å². The van der Waals surface area contributed by atoms with Crippen molar-refractivity contribution in [1.29, 1.82) is 0 Å². The maximum atomic E-state index is 10.7. The summed E-state index contributed by atoms with van der Waals surface area (Å²) in [7, 11) is 1.83. The molecule has 1 heterocycles. The Labute approximate surface area is 138 Å². The Kier molecular flexibility index (Phi) is 5.54. The van der Waals surface area contributed by atoms with E-state index in [1.807, 2.05) is 20.9 Å². The molecule has 3 rings (SSSR count). The third kappa shape index (κ3) is 3.98. The highest BCUT2D eigenvalue weighted by atomic mass is 16.4. The van der Waals surface area contributed by atoms with E-state index in [1.165, 1.54) is 25.7 Å². The van der Waals surface area contributed by atoms with Crippen molar-refractivity contribution in [2.24, 2.45) is 7.05 Å². The molecule has 3 heteroatoms. The first-order chi connectivity index (χ1) is 10.9. The van der Waals surface area contributed by atoms with Crippen LogP contribution in [0.3, 0.4) is 0 Å². The minimum absolute atomic E-state index is 0.269. The summed E-state index contributed by atoms with van der Waals surface area (Å²) in [5.41, 5.74) is 6.29. The molecule has 0 bridgehead atoms. The highest BCUT2D eigenvalue weighted by molar-refractivity contribution is 5.87. The number of hydrogen-bond donors (Lipinski definition) is 0. The Morgan fingerprint density at radius 3 is 2.00 bits per heavy atom. The molecule has 0 atom stereocenters. The molecule has 1 aliphatic carbocycles. The zero-order valence-corrected chi connectivity index (χ0v) is 14.5. The maximum absolute atomic E-state index is 10.7. The highest BCUT2D eigenvalue weighted by Gasteiger charge is 2.13. The van der Waals surface area contributed by atoms with Crippen molar-refractivity contribution in [2.45, 2.75) is 46.5 Å².